The molecule has 0 saturated carbocycles. The van der Waals surface area contributed by atoms with Crippen LogP contribution in [0.1, 0.15) is 20.3 Å². The van der Waals surface area contributed by atoms with Crippen LogP contribution in [0.4, 0.5) is 5.69 Å². The molecule has 1 fully saturated rings. The maximum atomic E-state index is 12.4. The number of carbonyl (C=O) groups excluding carboxylic acids is 2. The van der Waals surface area contributed by atoms with E-state index in [1.54, 1.807) is 23.1 Å². The third-order valence-corrected chi connectivity index (χ3v) is 4.19. The Hall–Kier alpha value is -1.30. The van der Waals surface area contributed by atoms with Gasteiger partial charge in [-0.1, -0.05) is 23.2 Å². The molecule has 1 aromatic carbocycles. The number of rotatable bonds is 4. The summed E-state index contributed by atoms with van der Waals surface area (Å²) in [6, 6.07) is 4.98. The second-order valence-electron chi connectivity index (χ2n) is 6.14. The van der Waals surface area contributed by atoms with Crippen LogP contribution in [0, 0.1) is 5.92 Å². The fraction of sp³-hybridized carbons (Fsp3) is 0.467. The van der Waals surface area contributed by atoms with Gasteiger partial charge in [0.05, 0.1) is 10.0 Å². The number of nitrogens with zero attached hydrogens (tertiary/aromatic N) is 1. The van der Waals surface area contributed by atoms with Crippen molar-refractivity contribution >= 4 is 40.7 Å². The molecule has 3 N–H and O–H groups in total. The fourth-order valence-electron chi connectivity index (χ4n) is 2.27. The SMILES string of the molecule is CC(C)(N)CNC(=O)C1CCN(c2ccc(Cl)c(Cl)c2)C1=O. The quantitative estimate of drug-likeness (QED) is 0.823. The smallest absolute Gasteiger partial charge is 0.239 e. The molecule has 0 aromatic heterocycles. The van der Waals surface area contributed by atoms with Crippen molar-refractivity contribution in [2.75, 3.05) is 18.0 Å². The van der Waals surface area contributed by atoms with E-state index in [0.29, 0.717) is 35.2 Å². The van der Waals surface area contributed by atoms with Crippen LogP contribution in [0.2, 0.25) is 10.0 Å². The van der Waals surface area contributed by atoms with E-state index in [-0.39, 0.29) is 11.8 Å². The summed E-state index contributed by atoms with van der Waals surface area (Å²) >= 11 is 11.9. The van der Waals surface area contributed by atoms with Crippen molar-refractivity contribution in [2.24, 2.45) is 11.7 Å². The van der Waals surface area contributed by atoms with Gasteiger partial charge in [-0.2, -0.15) is 0 Å². The highest BCUT2D eigenvalue weighted by Gasteiger charge is 2.37. The number of hydrogen-bond donors (Lipinski definition) is 2. The average Bonchev–Trinajstić information content (AvgIpc) is 2.80. The van der Waals surface area contributed by atoms with E-state index in [2.05, 4.69) is 5.32 Å². The van der Waals surface area contributed by atoms with Crippen molar-refractivity contribution < 1.29 is 9.59 Å². The van der Waals surface area contributed by atoms with Gasteiger partial charge < -0.3 is 16.0 Å². The first kappa shape index (κ1) is 17.1. The van der Waals surface area contributed by atoms with Crippen molar-refractivity contribution in [2.45, 2.75) is 25.8 Å². The standard InChI is InChI=1S/C15H19Cl2N3O2/c1-15(2,18)8-19-13(21)10-5-6-20(14(10)22)9-3-4-11(16)12(17)7-9/h3-4,7,10H,5-6,8,18H2,1-2H3,(H,19,21). The topological polar surface area (TPSA) is 75.4 Å². The van der Waals surface area contributed by atoms with Gasteiger partial charge in [-0.3, -0.25) is 9.59 Å². The van der Waals surface area contributed by atoms with Crippen LogP contribution in [-0.2, 0) is 9.59 Å². The largest absolute Gasteiger partial charge is 0.354 e. The zero-order valence-corrected chi connectivity index (χ0v) is 14.0. The number of nitrogens with one attached hydrogen (secondary N) is 1. The zero-order chi connectivity index (χ0) is 16.5. The monoisotopic (exact) mass is 343 g/mol. The van der Waals surface area contributed by atoms with E-state index in [0.717, 1.165) is 0 Å². The van der Waals surface area contributed by atoms with Gasteiger partial charge in [-0.05, 0) is 38.5 Å². The summed E-state index contributed by atoms with van der Waals surface area (Å²) in [4.78, 5) is 26.1. The highest BCUT2D eigenvalue weighted by atomic mass is 35.5. The molecule has 1 heterocycles. The molecule has 2 rings (SSSR count). The second-order valence-corrected chi connectivity index (χ2v) is 6.95. The van der Waals surface area contributed by atoms with Crippen LogP contribution >= 0.6 is 23.2 Å². The molecule has 1 aromatic rings. The summed E-state index contributed by atoms with van der Waals surface area (Å²) in [6.07, 6.45) is 0.468. The van der Waals surface area contributed by atoms with Crippen LogP contribution < -0.4 is 16.0 Å². The number of amides is 2. The van der Waals surface area contributed by atoms with Gasteiger partial charge in [0.2, 0.25) is 11.8 Å². The fourth-order valence-corrected chi connectivity index (χ4v) is 2.56. The maximum Gasteiger partial charge on any atom is 0.239 e. The van der Waals surface area contributed by atoms with Gasteiger partial charge in [-0.15, -0.1) is 0 Å². The third kappa shape index (κ3) is 3.91. The molecule has 5 nitrogen and oxygen atoms in total. The molecule has 0 aliphatic carbocycles. The molecule has 0 spiro atoms. The molecule has 1 unspecified atom stereocenters. The molecule has 0 bridgehead atoms. The Labute approximate surface area is 139 Å². The summed E-state index contributed by atoms with van der Waals surface area (Å²) in [7, 11) is 0. The number of anilines is 1. The van der Waals surface area contributed by atoms with Crippen LogP contribution in [0.25, 0.3) is 0 Å². The minimum atomic E-state index is -0.684. The average molecular weight is 344 g/mol. The summed E-state index contributed by atoms with van der Waals surface area (Å²) in [5, 5.41) is 3.54. The summed E-state index contributed by atoms with van der Waals surface area (Å²) in [5.74, 6) is -1.20. The summed E-state index contributed by atoms with van der Waals surface area (Å²) < 4.78 is 0. The Balaban J connectivity index is 2.06. The lowest BCUT2D eigenvalue weighted by molar-refractivity contribution is -0.132. The predicted molar refractivity (Wildman–Crippen MR) is 88.2 cm³/mol. The number of hydrogen-bond acceptors (Lipinski definition) is 3. The van der Waals surface area contributed by atoms with Gasteiger partial charge >= 0.3 is 0 Å². The molecular formula is C15H19Cl2N3O2. The third-order valence-electron chi connectivity index (χ3n) is 3.46. The Morgan fingerprint density at radius 1 is 1.41 bits per heavy atom. The van der Waals surface area contributed by atoms with E-state index in [9.17, 15) is 9.59 Å². The van der Waals surface area contributed by atoms with Gasteiger partial charge in [0.1, 0.15) is 5.92 Å². The molecule has 2 amide bonds. The molecule has 120 valence electrons. The Morgan fingerprint density at radius 3 is 2.68 bits per heavy atom. The lowest BCUT2D eigenvalue weighted by Crippen LogP contribution is -2.47. The molecule has 22 heavy (non-hydrogen) atoms. The van der Waals surface area contributed by atoms with E-state index in [1.165, 1.54) is 0 Å². The molecule has 7 heteroatoms. The normalized spacial score (nSPS) is 18.7. The Morgan fingerprint density at radius 2 is 2.09 bits per heavy atom. The Kier molecular flexibility index (Phi) is 5.00. The highest BCUT2D eigenvalue weighted by molar-refractivity contribution is 6.42. The molecule has 1 aliphatic rings. The van der Waals surface area contributed by atoms with E-state index in [4.69, 9.17) is 28.9 Å². The predicted octanol–water partition coefficient (Wildman–Crippen LogP) is 2.20. The lowest BCUT2D eigenvalue weighted by Gasteiger charge is -2.21. The number of carbonyl (C=O) groups is 2. The van der Waals surface area contributed by atoms with Crippen LogP contribution in [0.15, 0.2) is 18.2 Å². The zero-order valence-electron chi connectivity index (χ0n) is 12.5. The summed E-state index contributed by atoms with van der Waals surface area (Å²) in [6.45, 7) is 4.42. The highest BCUT2D eigenvalue weighted by Crippen LogP contribution is 2.31. The lowest BCUT2D eigenvalue weighted by atomic mass is 10.0. The van der Waals surface area contributed by atoms with Crippen molar-refractivity contribution in [3.8, 4) is 0 Å². The number of halogens is 2. The van der Waals surface area contributed by atoms with Crippen molar-refractivity contribution in [3.05, 3.63) is 28.2 Å². The Bertz CT molecular complexity index is 599. The van der Waals surface area contributed by atoms with Crippen LogP contribution in [-0.4, -0.2) is 30.4 Å². The molecule has 0 radical (unpaired) electrons. The number of benzene rings is 1. The minimum absolute atomic E-state index is 0.231. The van der Waals surface area contributed by atoms with Crippen LogP contribution in [0.5, 0.6) is 0 Å². The van der Waals surface area contributed by atoms with E-state index < -0.39 is 11.5 Å². The van der Waals surface area contributed by atoms with Crippen molar-refractivity contribution in [1.29, 1.82) is 0 Å². The van der Waals surface area contributed by atoms with Gasteiger partial charge in [0.15, 0.2) is 0 Å². The number of nitrogens with two attached hydrogens (primary N) is 1. The first-order chi connectivity index (χ1) is 10.2. The second kappa shape index (κ2) is 6.44. The van der Waals surface area contributed by atoms with Gasteiger partial charge in [-0.25, -0.2) is 0 Å². The molecule has 1 atom stereocenters. The first-order valence-corrected chi connectivity index (χ1v) is 7.77. The summed E-state index contributed by atoms with van der Waals surface area (Å²) in [5.41, 5.74) is 5.96. The minimum Gasteiger partial charge on any atom is -0.354 e. The maximum absolute atomic E-state index is 12.4. The van der Waals surface area contributed by atoms with Gasteiger partial charge in [0, 0.05) is 24.3 Å². The first-order valence-electron chi connectivity index (χ1n) is 7.02. The van der Waals surface area contributed by atoms with Crippen molar-refractivity contribution in [1.82, 2.24) is 5.32 Å². The van der Waals surface area contributed by atoms with Crippen molar-refractivity contribution in [3.63, 3.8) is 0 Å². The molecule has 1 saturated heterocycles. The molecular weight excluding hydrogens is 325 g/mol. The van der Waals surface area contributed by atoms with Crippen LogP contribution in [0.3, 0.4) is 0 Å². The van der Waals surface area contributed by atoms with E-state index in [1.807, 2.05) is 13.8 Å². The van der Waals surface area contributed by atoms with E-state index >= 15 is 0 Å². The van der Waals surface area contributed by atoms with Gasteiger partial charge in [0.25, 0.3) is 0 Å². The molecule has 1 aliphatic heterocycles.